The van der Waals surface area contributed by atoms with Gasteiger partial charge < -0.3 is 5.32 Å². The molecule has 0 aliphatic rings. The summed E-state index contributed by atoms with van der Waals surface area (Å²) in [6, 6.07) is 8.48. The van der Waals surface area contributed by atoms with Crippen molar-refractivity contribution in [2.75, 3.05) is 5.32 Å². The van der Waals surface area contributed by atoms with Gasteiger partial charge >= 0.3 is 0 Å². The molecule has 0 bridgehead atoms. The van der Waals surface area contributed by atoms with Gasteiger partial charge in [-0.25, -0.2) is 13.8 Å². The van der Waals surface area contributed by atoms with Crippen molar-refractivity contribution < 1.29 is 8.78 Å². The van der Waals surface area contributed by atoms with Crippen LogP contribution in [-0.4, -0.2) is 4.98 Å². The first kappa shape index (κ1) is 11.0. The van der Waals surface area contributed by atoms with Crippen molar-refractivity contribution >= 4 is 11.5 Å². The van der Waals surface area contributed by atoms with Crippen LogP contribution in [0.2, 0.25) is 0 Å². The monoisotopic (exact) mass is 231 g/mol. The summed E-state index contributed by atoms with van der Waals surface area (Å²) in [7, 11) is 0. The second kappa shape index (κ2) is 4.58. The molecular weight excluding hydrogens is 224 g/mol. The summed E-state index contributed by atoms with van der Waals surface area (Å²) in [4.78, 5) is 3.86. The zero-order valence-electron chi connectivity index (χ0n) is 8.61. The van der Waals surface area contributed by atoms with Gasteiger partial charge in [0.1, 0.15) is 29.2 Å². The molecule has 17 heavy (non-hydrogen) atoms. The maximum atomic E-state index is 13.4. The van der Waals surface area contributed by atoms with Crippen LogP contribution in [0.3, 0.4) is 0 Å². The third kappa shape index (κ3) is 2.21. The SMILES string of the molecule is N#Cc1cccnc1Nc1c(F)cccc1F. The fraction of sp³-hybridized carbons (Fsp3) is 0. The minimum atomic E-state index is -0.737. The zero-order chi connectivity index (χ0) is 12.3. The smallest absolute Gasteiger partial charge is 0.149 e. The predicted octanol–water partition coefficient (Wildman–Crippen LogP) is 2.98. The Labute approximate surface area is 96.3 Å². The predicted molar refractivity (Wildman–Crippen MR) is 58.6 cm³/mol. The molecule has 0 aliphatic carbocycles. The number of nitrogens with zero attached hydrogens (tertiary/aromatic N) is 2. The molecule has 2 rings (SSSR count). The molecular formula is C12H7F2N3. The van der Waals surface area contributed by atoms with Crippen LogP contribution in [0.4, 0.5) is 20.3 Å². The largest absolute Gasteiger partial charge is 0.334 e. The Balaban J connectivity index is 2.42. The summed E-state index contributed by atoms with van der Waals surface area (Å²) in [5.74, 6) is -1.35. The van der Waals surface area contributed by atoms with Gasteiger partial charge in [0.2, 0.25) is 0 Å². The van der Waals surface area contributed by atoms with Gasteiger partial charge in [0, 0.05) is 6.20 Å². The van der Waals surface area contributed by atoms with Gasteiger partial charge in [-0.15, -0.1) is 0 Å². The molecule has 0 saturated heterocycles. The first-order valence-electron chi connectivity index (χ1n) is 4.78. The van der Waals surface area contributed by atoms with Crippen molar-refractivity contribution in [3.8, 4) is 6.07 Å². The van der Waals surface area contributed by atoms with Gasteiger partial charge in [-0.1, -0.05) is 6.07 Å². The van der Waals surface area contributed by atoms with E-state index in [0.717, 1.165) is 12.1 Å². The van der Waals surface area contributed by atoms with Crippen molar-refractivity contribution in [1.82, 2.24) is 4.98 Å². The molecule has 0 fully saturated rings. The van der Waals surface area contributed by atoms with Gasteiger partial charge in [-0.05, 0) is 24.3 Å². The summed E-state index contributed by atoms with van der Waals surface area (Å²) >= 11 is 0. The molecule has 0 spiro atoms. The number of anilines is 2. The van der Waals surface area contributed by atoms with E-state index in [2.05, 4.69) is 10.3 Å². The van der Waals surface area contributed by atoms with E-state index in [0.29, 0.717) is 0 Å². The van der Waals surface area contributed by atoms with Crippen LogP contribution in [-0.2, 0) is 0 Å². The van der Waals surface area contributed by atoms with Crippen LogP contribution in [0, 0.1) is 23.0 Å². The normalized spacial score (nSPS) is 9.71. The number of hydrogen-bond donors (Lipinski definition) is 1. The van der Waals surface area contributed by atoms with E-state index in [1.165, 1.54) is 18.3 Å². The highest BCUT2D eigenvalue weighted by atomic mass is 19.1. The number of rotatable bonds is 2. The molecule has 0 amide bonds. The molecule has 3 nitrogen and oxygen atoms in total. The topological polar surface area (TPSA) is 48.7 Å². The van der Waals surface area contributed by atoms with E-state index in [1.54, 1.807) is 6.07 Å². The Hall–Kier alpha value is -2.48. The second-order valence-electron chi connectivity index (χ2n) is 3.23. The van der Waals surface area contributed by atoms with Crippen LogP contribution < -0.4 is 5.32 Å². The van der Waals surface area contributed by atoms with Crippen molar-refractivity contribution in [3.05, 3.63) is 53.7 Å². The lowest BCUT2D eigenvalue weighted by Gasteiger charge is -2.08. The number of hydrogen-bond acceptors (Lipinski definition) is 3. The minimum Gasteiger partial charge on any atom is -0.334 e. The summed E-state index contributed by atoms with van der Waals surface area (Å²) < 4.78 is 26.7. The van der Waals surface area contributed by atoms with Gasteiger partial charge in [0.25, 0.3) is 0 Å². The molecule has 1 heterocycles. The number of nitrogens with one attached hydrogen (secondary N) is 1. The highest BCUT2D eigenvalue weighted by Gasteiger charge is 2.10. The van der Waals surface area contributed by atoms with E-state index < -0.39 is 11.6 Å². The Morgan fingerprint density at radius 3 is 2.47 bits per heavy atom. The van der Waals surface area contributed by atoms with E-state index in [9.17, 15) is 8.78 Å². The van der Waals surface area contributed by atoms with E-state index in [1.807, 2.05) is 6.07 Å². The van der Waals surface area contributed by atoms with Gasteiger partial charge in [0.15, 0.2) is 0 Å². The first-order chi connectivity index (χ1) is 8.22. The third-order valence-corrected chi connectivity index (χ3v) is 2.13. The molecule has 1 N–H and O–H groups in total. The van der Waals surface area contributed by atoms with Crippen LogP contribution in [0.1, 0.15) is 5.56 Å². The van der Waals surface area contributed by atoms with Crippen molar-refractivity contribution in [1.29, 1.82) is 5.26 Å². The number of pyridine rings is 1. The van der Waals surface area contributed by atoms with Gasteiger partial charge in [0.05, 0.1) is 5.56 Å². The molecule has 84 valence electrons. The fourth-order valence-electron chi connectivity index (χ4n) is 1.33. The summed E-state index contributed by atoms with van der Waals surface area (Å²) in [6.07, 6.45) is 1.43. The van der Waals surface area contributed by atoms with Gasteiger partial charge in [-0.2, -0.15) is 5.26 Å². The third-order valence-electron chi connectivity index (χ3n) is 2.13. The lowest BCUT2D eigenvalue weighted by Crippen LogP contribution is -2.01. The van der Waals surface area contributed by atoms with Gasteiger partial charge in [-0.3, -0.25) is 0 Å². The van der Waals surface area contributed by atoms with Crippen LogP contribution in [0.25, 0.3) is 0 Å². The minimum absolute atomic E-state index is 0.124. The van der Waals surface area contributed by atoms with E-state index in [4.69, 9.17) is 5.26 Å². The number of para-hydroxylation sites is 1. The summed E-state index contributed by atoms with van der Waals surface area (Å²) in [5.41, 5.74) is -0.0992. The number of nitriles is 1. The lowest BCUT2D eigenvalue weighted by molar-refractivity contribution is 0.590. The Bertz CT molecular complexity index is 570. The van der Waals surface area contributed by atoms with Crippen molar-refractivity contribution in [2.45, 2.75) is 0 Å². The fourth-order valence-corrected chi connectivity index (χ4v) is 1.33. The molecule has 0 unspecified atom stereocenters. The quantitative estimate of drug-likeness (QED) is 0.864. The average Bonchev–Trinajstić information content (AvgIpc) is 2.34. The molecule has 0 aliphatic heterocycles. The molecule has 0 saturated carbocycles. The highest BCUT2D eigenvalue weighted by Crippen LogP contribution is 2.23. The Morgan fingerprint density at radius 1 is 1.12 bits per heavy atom. The summed E-state index contributed by atoms with van der Waals surface area (Å²) in [6.45, 7) is 0. The second-order valence-corrected chi connectivity index (χ2v) is 3.23. The number of benzene rings is 1. The average molecular weight is 231 g/mol. The molecule has 0 radical (unpaired) electrons. The number of aromatic nitrogens is 1. The van der Waals surface area contributed by atoms with Crippen LogP contribution >= 0.6 is 0 Å². The van der Waals surface area contributed by atoms with Crippen LogP contribution in [0.5, 0.6) is 0 Å². The maximum Gasteiger partial charge on any atom is 0.149 e. The lowest BCUT2D eigenvalue weighted by atomic mass is 10.2. The standard InChI is InChI=1S/C12H7F2N3/c13-9-4-1-5-10(14)11(9)17-12-8(7-15)3-2-6-16-12/h1-6H,(H,16,17). The van der Waals surface area contributed by atoms with Crippen molar-refractivity contribution in [2.24, 2.45) is 0 Å². The summed E-state index contributed by atoms with van der Waals surface area (Å²) in [5, 5.41) is 11.3. The number of halogens is 2. The maximum absolute atomic E-state index is 13.4. The first-order valence-corrected chi connectivity index (χ1v) is 4.78. The van der Waals surface area contributed by atoms with Crippen molar-refractivity contribution in [3.63, 3.8) is 0 Å². The zero-order valence-corrected chi connectivity index (χ0v) is 8.61. The van der Waals surface area contributed by atoms with E-state index in [-0.39, 0.29) is 17.1 Å². The Morgan fingerprint density at radius 2 is 1.82 bits per heavy atom. The van der Waals surface area contributed by atoms with Crippen LogP contribution in [0.15, 0.2) is 36.5 Å². The molecule has 1 aromatic heterocycles. The molecule has 5 heteroatoms. The van der Waals surface area contributed by atoms with E-state index >= 15 is 0 Å². The molecule has 0 atom stereocenters. The highest BCUT2D eigenvalue weighted by molar-refractivity contribution is 5.63. The molecule has 2 aromatic rings. The Kier molecular flexibility index (Phi) is 2.97. The molecule has 1 aromatic carbocycles.